The molecule has 23 heavy (non-hydrogen) atoms. The predicted octanol–water partition coefficient (Wildman–Crippen LogP) is 2.59. The van der Waals surface area contributed by atoms with E-state index < -0.39 is 11.6 Å². The van der Waals surface area contributed by atoms with Crippen molar-refractivity contribution in [1.29, 1.82) is 0 Å². The molecule has 2 aromatic rings. The van der Waals surface area contributed by atoms with E-state index in [1.165, 1.54) is 0 Å². The summed E-state index contributed by atoms with van der Waals surface area (Å²) in [4.78, 5) is 37.7. The summed E-state index contributed by atoms with van der Waals surface area (Å²) in [6, 6.07) is 12.9. The molecule has 3 amide bonds. The summed E-state index contributed by atoms with van der Waals surface area (Å²) < 4.78 is 0. The Balaban J connectivity index is 2.06. The SMILES string of the molecule is CCC(=O)CN1C(=O)N[C@@](C)(c2cccc3ccccc23)C1=O. The summed E-state index contributed by atoms with van der Waals surface area (Å²) in [5, 5.41) is 4.66. The highest BCUT2D eigenvalue weighted by Crippen LogP contribution is 2.33. The van der Waals surface area contributed by atoms with Crippen LogP contribution in [-0.2, 0) is 15.1 Å². The van der Waals surface area contributed by atoms with Crippen LogP contribution < -0.4 is 5.32 Å². The van der Waals surface area contributed by atoms with E-state index in [4.69, 9.17) is 0 Å². The first kappa shape index (κ1) is 15.2. The van der Waals surface area contributed by atoms with Gasteiger partial charge in [0.2, 0.25) is 0 Å². The number of carbonyl (C=O) groups is 3. The van der Waals surface area contributed by atoms with Crippen LogP contribution in [0.4, 0.5) is 4.79 Å². The Hall–Kier alpha value is -2.69. The maximum Gasteiger partial charge on any atom is 0.325 e. The first-order chi connectivity index (χ1) is 11.0. The number of hydrogen-bond acceptors (Lipinski definition) is 3. The zero-order chi connectivity index (χ0) is 16.6. The average molecular weight is 310 g/mol. The molecule has 1 fully saturated rings. The van der Waals surface area contributed by atoms with Crippen molar-refractivity contribution in [3.63, 3.8) is 0 Å². The van der Waals surface area contributed by atoms with Gasteiger partial charge in [-0.1, -0.05) is 49.4 Å². The van der Waals surface area contributed by atoms with Crippen LogP contribution in [0.1, 0.15) is 25.8 Å². The van der Waals surface area contributed by atoms with E-state index in [1.54, 1.807) is 13.8 Å². The van der Waals surface area contributed by atoms with Crippen LogP contribution in [0.25, 0.3) is 10.8 Å². The molecule has 1 atom stereocenters. The fourth-order valence-corrected chi connectivity index (χ4v) is 2.97. The number of urea groups is 1. The van der Waals surface area contributed by atoms with Crippen molar-refractivity contribution in [2.75, 3.05) is 6.54 Å². The molecule has 5 heteroatoms. The van der Waals surface area contributed by atoms with Crippen molar-refractivity contribution in [1.82, 2.24) is 10.2 Å². The molecule has 1 aliphatic rings. The molecule has 0 radical (unpaired) electrons. The van der Waals surface area contributed by atoms with Gasteiger partial charge in [0, 0.05) is 6.42 Å². The summed E-state index contributed by atoms with van der Waals surface area (Å²) in [6.07, 6.45) is 0.294. The fourth-order valence-electron chi connectivity index (χ4n) is 2.97. The monoisotopic (exact) mass is 310 g/mol. The third-order valence-electron chi connectivity index (χ3n) is 4.33. The van der Waals surface area contributed by atoms with Crippen LogP contribution in [0.2, 0.25) is 0 Å². The van der Waals surface area contributed by atoms with Crippen LogP contribution >= 0.6 is 0 Å². The molecule has 2 aromatic carbocycles. The molecule has 118 valence electrons. The number of fused-ring (bicyclic) bond motifs is 1. The molecule has 0 aliphatic carbocycles. The number of nitrogens with one attached hydrogen (secondary N) is 1. The Kier molecular flexibility index (Phi) is 3.64. The van der Waals surface area contributed by atoms with Crippen molar-refractivity contribution in [2.45, 2.75) is 25.8 Å². The van der Waals surface area contributed by atoms with Gasteiger partial charge in [0.15, 0.2) is 5.78 Å². The van der Waals surface area contributed by atoms with E-state index in [1.807, 2.05) is 42.5 Å². The van der Waals surface area contributed by atoms with E-state index in [2.05, 4.69) is 5.32 Å². The van der Waals surface area contributed by atoms with Crippen molar-refractivity contribution >= 4 is 28.5 Å². The van der Waals surface area contributed by atoms with Gasteiger partial charge < -0.3 is 5.32 Å². The maximum absolute atomic E-state index is 12.8. The summed E-state index contributed by atoms with van der Waals surface area (Å²) in [5.74, 6) is -0.531. The van der Waals surface area contributed by atoms with Gasteiger partial charge in [0.05, 0.1) is 6.54 Å². The second-order valence-corrected chi connectivity index (χ2v) is 5.87. The van der Waals surface area contributed by atoms with Gasteiger partial charge >= 0.3 is 6.03 Å². The van der Waals surface area contributed by atoms with Gasteiger partial charge in [-0.15, -0.1) is 0 Å². The van der Waals surface area contributed by atoms with Crippen LogP contribution in [0.15, 0.2) is 42.5 Å². The standard InChI is InChI=1S/C18H18N2O3/c1-3-13(21)11-20-16(22)18(2,19-17(20)23)15-10-6-8-12-7-4-5-9-14(12)15/h4-10H,3,11H2,1-2H3,(H,19,23)/t18-/m0/s1. The highest BCUT2D eigenvalue weighted by molar-refractivity contribution is 6.10. The number of imide groups is 1. The number of Topliss-reactive ketones (excluding diaryl/α,β-unsaturated/α-hetero) is 1. The van der Waals surface area contributed by atoms with E-state index in [9.17, 15) is 14.4 Å². The van der Waals surface area contributed by atoms with E-state index in [0.717, 1.165) is 21.2 Å². The predicted molar refractivity (Wildman–Crippen MR) is 86.8 cm³/mol. The van der Waals surface area contributed by atoms with Crippen molar-refractivity contribution in [2.24, 2.45) is 0 Å². The van der Waals surface area contributed by atoms with Crippen molar-refractivity contribution in [3.05, 3.63) is 48.0 Å². The molecular weight excluding hydrogens is 292 g/mol. The minimum atomic E-state index is -1.16. The number of rotatable bonds is 4. The number of ketones is 1. The molecule has 0 aromatic heterocycles. The Morgan fingerprint density at radius 2 is 1.83 bits per heavy atom. The zero-order valence-corrected chi connectivity index (χ0v) is 13.1. The largest absolute Gasteiger partial charge is 0.325 e. The van der Waals surface area contributed by atoms with Gasteiger partial charge in [0.1, 0.15) is 5.54 Å². The normalized spacial score (nSPS) is 20.9. The summed E-state index contributed by atoms with van der Waals surface area (Å²) >= 11 is 0. The quantitative estimate of drug-likeness (QED) is 0.883. The van der Waals surface area contributed by atoms with Gasteiger partial charge in [-0.2, -0.15) is 0 Å². The number of carbonyl (C=O) groups excluding carboxylic acids is 3. The summed E-state index contributed by atoms with van der Waals surface area (Å²) in [7, 11) is 0. The Labute approximate surface area is 134 Å². The molecule has 5 nitrogen and oxygen atoms in total. The number of hydrogen-bond donors (Lipinski definition) is 1. The molecule has 0 spiro atoms. The molecule has 1 N–H and O–H groups in total. The lowest BCUT2D eigenvalue weighted by Gasteiger charge is -2.24. The molecular formula is C18H18N2O3. The van der Waals surface area contributed by atoms with Crippen molar-refractivity contribution < 1.29 is 14.4 Å². The minimum Gasteiger partial charge on any atom is -0.319 e. The average Bonchev–Trinajstić information content (AvgIpc) is 2.78. The van der Waals surface area contributed by atoms with E-state index in [0.29, 0.717) is 6.42 Å². The third-order valence-corrected chi connectivity index (χ3v) is 4.33. The molecule has 0 bridgehead atoms. The second-order valence-electron chi connectivity index (χ2n) is 5.87. The van der Waals surface area contributed by atoms with Crippen LogP contribution in [0.5, 0.6) is 0 Å². The van der Waals surface area contributed by atoms with E-state index >= 15 is 0 Å². The van der Waals surface area contributed by atoms with Crippen LogP contribution in [-0.4, -0.2) is 29.2 Å². The molecule has 1 aliphatic heterocycles. The fraction of sp³-hybridized carbons (Fsp3) is 0.278. The lowest BCUT2D eigenvalue weighted by atomic mass is 9.88. The van der Waals surface area contributed by atoms with Crippen LogP contribution in [0.3, 0.4) is 0 Å². The molecule has 1 heterocycles. The highest BCUT2D eigenvalue weighted by Gasteiger charge is 2.49. The summed E-state index contributed by atoms with van der Waals surface area (Å²) in [5.41, 5.74) is -0.424. The van der Waals surface area contributed by atoms with Gasteiger partial charge in [-0.3, -0.25) is 14.5 Å². The lowest BCUT2D eigenvalue weighted by Crippen LogP contribution is -2.41. The minimum absolute atomic E-state index is 0.143. The Morgan fingerprint density at radius 1 is 1.13 bits per heavy atom. The molecule has 3 rings (SSSR count). The zero-order valence-electron chi connectivity index (χ0n) is 13.1. The highest BCUT2D eigenvalue weighted by atomic mass is 16.2. The van der Waals surface area contributed by atoms with Gasteiger partial charge in [-0.25, -0.2) is 4.79 Å². The van der Waals surface area contributed by atoms with Gasteiger partial charge in [-0.05, 0) is 23.3 Å². The third kappa shape index (κ3) is 2.38. The first-order valence-corrected chi connectivity index (χ1v) is 7.61. The second kappa shape index (κ2) is 5.50. The number of nitrogens with zero attached hydrogens (tertiary/aromatic N) is 1. The number of amides is 3. The molecule has 0 saturated carbocycles. The number of benzene rings is 2. The molecule has 0 unspecified atom stereocenters. The molecule has 1 saturated heterocycles. The summed E-state index contributed by atoms with van der Waals surface area (Å²) in [6.45, 7) is 3.22. The topological polar surface area (TPSA) is 66.5 Å². The van der Waals surface area contributed by atoms with Crippen molar-refractivity contribution in [3.8, 4) is 0 Å². The van der Waals surface area contributed by atoms with Crippen LogP contribution in [0, 0.1) is 0 Å². The van der Waals surface area contributed by atoms with E-state index in [-0.39, 0.29) is 18.2 Å². The Morgan fingerprint density at radius 3 is 2.57 bits per heavy atom. The smallest absolute Gasteiger partial charge is 0.319 e. The van der Waals surface area contributed by atoms with Gasteiger partial charge in [0.25, 0.3) is 5.91 Å². The Bertz CT molecular complexity index is 810. The maximum atomic E-state index is 12.8. The first-order valence-electron chi connectivity index (χ1n) is 7.61. The lowest BCUT2D eigenvalue weighted by molar-refractivity contribution is -0.134.